The minimum atomic E-state index is -0.809. The topological polar surface area (TPSA) is 41.1 Å². The fraction of sp³-hybridized carbons (Fsp3) is 0.133. The third-order valence-electron chi connectivity index (χ3n) is 2.82. The maximum absolute atomic E-state index is 13.4. The second-order valence-electron chi connectivity index (χ2n) is 4.35. The third-order valence-corrected chi connectivity index (χ3v) is 3.59. The van der Waals surface area contributed by atoms with Gasteiger partial charge in [0.2, 0.25) is 0 Å². The molecule has 0 aliphatic rings. The molecule has 3 nitrogen and oxygen atoms in total. The number of hydrogen-bond donors (Lipinski definition) is 2. The van der Waals surface area contributed by atoms with Crippen LogP contribution in [-0.4, -0.2) is 12.6 Å². The number of nitrogens with one attached hydrogen (secondary N) is 2. The molecule has 2 aromatic rings. The van der Waals surface area contributed by atoms with Gasteiger partial charge in [-0.2, -0.15) is 0 Å². The number of halogens is 3. The van der Waals surface area contributed by atoms with Crippen LogP contribution >= 0.6 is 15.9 Å². The van der Waals surface area contributed by atoms with E-state index >= 15 is 0 Å². The van der Waals surface area contributed by atoms with Crippen LogP contribution in [0.1, 0.15) is 5.56 Å². The molecule has 0 spiro atoms. The highest BCUT2D eigenvalue weighted by molar-refractivity contribution is 9.10. The SMILES string of the molecule is O=C(NCCc1ccccc1Br)Nc1ccc(F)cc1F. The lowest BCUT2D eigenvalue weighted by molar-refractivity contribution is 0.252. The maximum atomic E-state index is 13.4. The van der Waals surface area contributed by atoms with E-state index in [-0.39, 0.29) is 5.69 Å². The predicted molar refractivity (Wildman–Crippen MR) is 81.2 cm³/mol. The normalized spacial score (nSPS) is 10.2. The monoisotopic (exact) mass is 354 g/mol. The van der Waals surface area contributed by atoms with Crippen LogP contribution in [0.5, 0.6) is 0 Å². The molecular formula is C15H13BrF2N2O. The van der Waals surface area contributed by atoms with E-state index in [0.29, 0.717) is 13.0 Å². The molecule has 0 aliphatic carbocycles. The Morgan fingerprint density at radius 2 is 1.90 bits per heavy atom. The molecule has 110 valence electrons. The summed E-state index contributed by atoms with van der Waals surface area (Å²) in [7, 11) is 0. The lowest BCUT2D eigenvalue weighted by Crippen LogP contribution is -2.30. The molecule has 0 atom stereocenters. The number of carbonyl (C=O) groups excluding carboxylic acids is 1. The van der Waals surface area contributed by atoms with Crippen molar-refractivity contribution in [2.45, 2.75) is 6.42 Å². The maximum Gasteiger partial charge on any atom is 0.319 e. The van der Waals surface area contributed by atoms with Gasteiger partial charge in [-0.15, -0.1) is 0 Å². The summed E-state index contributed by atoms with van der Waals surface area (Å²) in [5.41, 5.74) is 1.00. The van der Waals surface area contributed by atoms with Gasteiger partial charge in [0.15, 0.2) is 0 Å². The van der Waals surface area contributed by atoms with Gasteiger partial charge in [0.25, 0.3) is 0 Å². The van der Waals surface area contributed by atoms with Crippen molar-refractivity contribution in [3.63, 3.8) is 0 Å². The van der Waals surface area contributed by atoms with E-state index in [4.69, 9.17) is 0 Å². The average Bonchev–Trinajstić information content (AvgIpc) is 2.44. The van der Waals surface area contributed by atoms with E-state index in [2.05, 4.69) is 26.6 Å². The summed E-state index contributed by atoms with van der Waals surface area (Å²) < 4.78 is 27.1. The highest BCUT2D eigenvalue weighted by atomic mass is 79.9. The number of rotatable bonds is 4. The van der Waals surface area contributed by atoms with Gasteiger partial charge >= 0.3 is 6.03 Å². The Bertz CT molecular complexity index is 649. The van der Waals surface area contributed by atoms with Crippen molar-refractivity contribution in [3.05, 3.63) is 64.1 Å². The number of urea groups is 1. The zero-order valence-corrected chi connectivity index (χ0v) is 12.6. The first-order valence-electron chi connectivity index (χ1n) is 6.29. The second-order valence-corrected chi connectivity index (χ2v) is 5.20. The largest absolute Gasteiger partial charge is 0.338 e. The molecule has 2 rings (SSSR count). The van der Waals surface area contributed by atoms with Gasteiger partial charge < -0.3 is 10.6 Å². The molecule has 2 aromatic carbocycles. The predicted octanol–water partition coefficient (Wildman–Crippen LogP) is 4.09. The summed E-state index contributed by atoms with van der Waals surface area (Å²) in [6.07, 6.45) is 0.640. The van der Waals surface area contributed by atoms with E-state index in [0.717, 1.165) is 22.2 Å². The summed E-state index contributed by atoms with van der Waals surface area (Å²) >= 11 is 3.42. The summed E-state index contributed by atoms with van der Waals surface area (Å²) in [4.78, 5) is 11.6. The summed E-state index contributed by atoms with van der Waals surface area (Å²) in [6, 6.07) is 10.1. The van der Waals surface area contributed by atoms with Gasteiger partial charge in [-0.3, -0.25) is 0 Å². The van der Waals surface area contributed by atoms with Crippen molar-refractivity contribution in [2.75, 3.05) is 11.9 Å². The van der Waals surface area contributed by atoms with Crippen molar-refractivity contribution in [2.24, 2.45) is 0 Å². The van der Waals surface area contributed by atoms with Crippen LogP contribution in [0.15, 0.2) is 46.9 Å². The Morgan fingerprint density at radius 1 is 1.14 bits per heavy atom. The second kappa shape index (κ2) is 7.17. The van der Waals surface area contributed by atoms with Crippen molar-refractivity contribution >= 4 is 27.6 Å². The minimum absolute atomic E-state index is 0.0604. The van der Waals surface area contributed by atoms with Crippen molar-refractivity contribution in [3.8, 4) is 0 Å². The van der Waals surface area contributed by atoms with E-state index in [1.807, 2.05) is 24.3 Å². The lowest BCUT2D eigenvalue weighted by Gasteiger charge is -2.09. The molecule has 0 saturated carbocycles. The Labute approximate surface area is 129 Å². The molecule has 0 aromatic heterocycles. The van der Waals surface area contributed by atoms with Gasteiger partial charge in [0.1, 0.15) is 11.6 Å². The molecule has 0 bridgehead atoms. The quantitative estimate of drug-likeness (QED) is 0.852. The molecule has 0 aliphatic heterocycles. The fourth-order valence-corrected chi connectivity index (χ4v) is 2.25. The number of carbonyl (C=O) groups is 1. The zero-order valence-electron chi connectivity index (χ0n) is 11.0. The van der Waals surface area contributed by atoms with Crippen LogP contribution in [0.2, 0.25) is 0 Å². The van der Waals surface area contributed by atoms with Crippen LogP contribution in [0.25, 0.3) is 0 Å². The Hall–Kier alpha value is -1.95. The van der Waals surface area contributed by atoms with Gasteiger partial charge in [0, 0.05) is 17.1 Å². The molecule has 0 radical (unpaired) electrons. The summed E-state index contributed by atoms with van der Waals surface area (Å²) in [5, 5.41) is 4.95. The molecule has 0 unspecified atom stereocenters. The first-order chi connectivity index (χ1) is 10.1. The van der Waals surface area contributed by atoms with Crippen LogP contribution in [0.4, 0.5) is 19.3 Å². The van der Waals surface area contributed by atoms with Crippen LogP contribution in [-0.2, 0) is 6.42 Å². The van der Waals surface area contributed by atoms with Crippen molar-refractivity contribution in [1.29, 1.82) is 0 Å². The molecule has 0 heterocycles. The molecule has 2 N–H and O–H groups in total. The summed E-state index contributed by atoms with van der Waals surface area (Å²) in [5.74, 6) is -1.50. The number of amides is 2. The van der Waals surface area contributed by atoms with Crippen LogP contribution < -0.4 is 10.6 Å². The van der Waals surface area contributed by atoms with E-state index < -0.39 is 17.7 Å². The van der Waals surface area contributed by atoms with E-state index in [9.17, 15) is 13.6 Å². The standard InChI is InChI=1S/C15H13BrF2N2O/c16-12-4-2-1-3-10(12)7-8-19-15(21)20-14-6-5-11(17)9-13(14)18/h1-6,9H,7-8H2,(H2,19,20,21). The smallest absolute Gasteiger partial charge is 0.319 e. The average molecular weight is 355 g/mol. The summed E-state index contributed by atoms with van der Waals surface area (Å²) in [6.45, 7) is 0.400. The lowest BCUT2D eigenvalue weighted by atomic mass is 10.1. The Kier molecular flexibility index (Phi) is 5.27. The number of anilines is 1. The minimum Gasteiger partial charge on any atom is -0.338 e. The molecule has 2 amide bonds. The zero-order chi connectivity index (χ0) is 15.2. The number of benzene rings is 2. The molecule has 6 heteroatoms. The highest BCUT2D eigenvalue weighted by Crippen LogP contribution is 2.16. The first-order valence-corrected chi connectivity index (χ1v) is 7.09. The molecule has 21 heavy (non-hydrogen) atoms. The molecular weight excluding hydrogens is 342 g/mol. The van der Waals surface area contributed by atoms with Crippen LogP contribution in [0, 0.1) is 11.6 Å². The Morgan fingerprint density at radius 3 is 2.62 bits per heavy atom. The van der Waals surface area contributed by atoms with E-state index in [1.54, 1.807) is 0 Å². The fourth-order valence-electron chi connectivity index (χ4n) is 1.77. The third kappa shape index (κ3) is 4.53. The van der Waals surface area contributed by atoms with Gasteiger partial charge in [-0.1, -0.05) is 34.1 Å². The molecule has 0 saturated heterocycles. The van der Waals surface area contributed by atoms with Crippen LogP contribution in [0.3, 0.4) is 0 Å². The van der Waals surface area contributed by atoms with Gasteiger partial charge in [-0.05, 0) is 30.2 Å². The van der Waals surface area contributed by atoms with Gasteiger partial charge in [-0.25, -0.2) is 13.6 Å². The first kappa shape index (κ1) is 15.4. The van der Waals surface area contributed by atoms with Crippen molar-refractivity contribution in [1.82, 2.24) is 5.32 Å². The molecule has 0 fully saturated rings. The van der Waals surface area contributed by atoms with Crippen molar-refractivity contribution < 1.29 is 13.6 Å². The Balaban J connectivity index is 1.84. The number of hydrogen-bond acceptors (Lipinski definition) is 1. The van der Waals surface area contributed by atoms with Gasteiger partial charge in [0.05, 0.1) is 5.69 Å². The van der Waals surface area contributed by atoms with E-state index in [1.165, 1.54) is 6.07 Å². The highest BCUT2D eigenvalue weighted by Gasteiger charge is 2.07.